The van der Waals surface area contributed by atoms with Crippen molar-refractivity contribution in [3.05, 3.63) is 94.3 Å². The molecule has 3 heterocycles. The first-order chi connectivity index (χ1) is 15.2. The van der Waals surface area contributed by atoms with E-state index in [0.29, 0.717) is 29.0 Å². The highest BCUT2D eigenvalue weighted by molar-refractivity contribution is 5.84. The highest BCUT2D eigenvalue weighted by Crippen LogP contribution is 2.29. The Balaban J connectivity index is 1.70. The number of ether oxygens (including phenoxy) is 1. The Morgan fingerprint density at radius 3 is 2.52 bits per heavy atom. The molecule has 31 heavy (non-hydrogen) atoms. The van der Waals surface area contributed by atoms with Crippen molar-refractivity contribution >= 4 is 16.7 Å². The summed E-state index contributed by atoms with van der Waals surface area (Å²) in [4.78, 5) is 13.1. The summed E-state index contributed by atoms with van der Waals surface area (Å²) in [5.74, 6) is -0.330. The summed E-state index contributed by atoms with van der Waals surface area (Å²) >= 11 is 0. The Kier molecular flexibility index (Phi) is 4.76. The van der Waals surface area contributed by atoms with Crippen LogP contribution < -0.4 is 5.56 Å². The second kappa shape index (κ2) is 7.73. The van der Waals surface area contributed by atoms with Crippen molar-refractivity contribution in [2.24, 2.45) is 0 Å². The number of hydrogen-bond acceptors (Lipinski definition) is 5. The molecule has 154 valence electrons. The summed E-state index contributed by atoms with van der Waals surface area (Å²) in [6, 6.07) is 17.6. The summed E-state index contributed by atoms with van der Waals surface area (Å²) in [6.07, 6.45) is 1.73. The van der Waals surface area contributed by atoms with Crippen LogP contribution in [0.1, 0.15) is 11.3 Å². The molecule has 0 spiro atoms. The average Bonchev–Trinajstić information content (AvgIpc) is 3.15. The summed E-state index contributed by atoms with van der Waals surface area (Å²) in [6.45, 7) is 0.673. The van der Waals surface area contributed by atoms with E-state index in [-0.39, 0.29) is 23.5 Å². The molecule has 3 aromatic heterocycles. The third kappa shape index (κ3) is 3.36. The van der Waals surface area contributed by atoms with Crippen LogP contribution in [0.25, 0.3) is 27.8 Å². The van der Waals surface area contributed by atoms with E-state index in [2.05, 4.69) is 15.3 Å². The molecular weight excluding hydrogens is 397 g/mol. The molecule has 5 rings (SSSR count). The number of pyridine rings is 1. The number of aromatic nitrogens is 5. The first-order valence-corrected chi connectivity index (χ1v) is 9.72. The van der Waals surface area contributed by atoms with E-state index < -0.39 is 0 Å². The standard InChI is InChI=1S/C23H18FN5O2/c1-31-14-18-20(16-7-9-17(24)10-8-16)22-26-25-21-19(29(22)27-18)11-12-28(23(21)30)13-15-5-3-2-4-6-15/h2-12H,13-14H2,1H3. The molecule has 0 bridgehead atoms. The van der Waals surface area contributed by atoms with Gasteiger partial charge in [0.1, 0.15) is 11.3 Å². The maximum atomic E-state index is 13.4. The van der Waals surface area contributed by atoms with Crippen LogP contribution in [0.15, 0.2) is 71.7 Å². The molecule has 0 N–H and O–H groups in total. The number of rotatable bonds is 5. The maximum absolute atomic E-state index is 13.4. The molecule has 0 aliphatic carbocycles. The van der Waals surface area contributed by atoms with Crippen LogP contribution >= 0.6 is 0 Å². The van der Waals surface area contributed by atoms with Crippen molar-refractivity contribution in [1.29, 1.82) is 0 Å². The highest BCUT2D eigenvalue weighted by atomic mass is 19.1. The second-order valence-electron chi connectivity index (χ2n) is 7.17. The summed E-state index contributed by atoms with van der Waals surface area (Å²) < 4.78 is 21.9. The molecule has 0 aliphatic rings. The van der Waals surface area contributed by atoms with Crippen LogP contribution in [0.3, 0.4) is 0 Å². The molecule has 0 radical (unpaired) electrons. The topological polar surface area (TPSA) is 74.3 Å². The SMILES string of the molecule is COCc1nn2c(nnc3c(=O)n(Cc4ccccc4)ccc32)c1-c1ccc(F)cc1. The molecule has 0 saturated carbocycles. The summed E-state index contributed by atoms with van der Waals surface area (Å²) in [5, 5.41) is 13.2. The normalized spacial score (nSPS) is 11.4. The van der Waals surface area contributed by atoms with Gasteiger partial charge in [-0.25, -0.2) is 8.91 Å². The van der Waals surface area contributed by atoms with Gasteiger partial charge in [0.2, 0.25) is 0 Å². The molecule has 0 atom stereocenters. The molecule has 7 nitrogen and oxygen atoms in total. The Morgan fingerprint density at radius 2 is 1.77 bits per heavy atom. The zero-order valence-corrected chi connectivity index (χ0v) is 16.7. The van der Waals surface area contributed by atoms with Gasteiger partial charge < -0.3 is 9.30 Å². The lowest BCUT2D eigenvalue weighted by atomic mass is 10.1. The molecular formula is C23H18FN5O2. The minimum Gasteiger partial charge on any atom is -0.378 e. The molecule has 8 heteroatoms. The van der Waals surface area contributed by atoms with Crippen LogP contribution in [-0.4, -0.2) is 31.5 Å². The number of nitrogens with zero attached hydrogens (tertiary/aromatic N) is 5. The lowest BCUT2D eigenvalue weighted by Crippen LogP contribution is -2.22. The fourth-order valence-corrected chi connectivity index (χ4v) is 3.68. The third-order valence-corrected chi connectivity index (χ3v) is 5.13. The van der Waals surface area contributed by atoms with Crippen molar-refractivity contribution in [3.63, 3.8) is 0 Å². The highest BCUT2D eigenvalue weighted by Gasteiger charge is 2.19. The first kappa shape index (κ1) is 19.1. The van der Waals surface area contributed by atoms with Gasteiger partial charge in [0.25, 0.3) is 5.56 Å². The predicted molar refractivity (Wildman–Crippen MR) is 114 cm³/mol. The van der Waals surface area contributed by atoms with Crippen LogP contribution in [0.4, 0.5) is 4.39 Å². The van der Waals surface area contributed by atoms with E-state index >= 15 is 0 Å². The minimum atomic E-state index is -0.330. The van der Waals surface area contributed by atoms with Gasteiger partial charge in [-0.15, -0.1) is 10.2 Å². The van der Waals surface area contributed by atoms with E-state index in [4.69, 9.17) is 4.74 Å². The van der Waals surface area contributed by atoms with E-state index in [0.717, 1.165) is 11.1 Å². The predicted octanol–water partition coefficient (Wildman–Crippen LogP) is 3.44. The average molecular weight is 415 g/mol. The summed E-state index contributed by atoms with van der Waals surface area (Å²) in [5.41, 5.74) is 4.09. The van der Waals surface area contributed by atoms with E-state index in [1.165, 1.54) is 12.1 Å². The zero-order valence-electron chi connectivity index (χ0n) is 16.7. The molecule has 0 saturated heterocycles. The second-order valence-corrected chi connectivity index (χ2v) is 7.17. The lowest BCUT2D eigenvalue weighted by molar-refractivity contribution is 0.181. The van der Waals surface area contributed by atoms with Crippen molar-refractivity contribution in [2.45, 2.75) is 13.2 Å². The van der Waals surface area contributed by atoms with Crippen LogP contribution in [0.2, 0.25) is 0 Å². The van der Waals surface area contributed by atoms with Gasteiger partial charge in [-0.1, -0.05) is 42.5 Å². The van der Waals surface area contributed by atoms with Gasteiger partial charge >= 0.3 is 0 Å². The van der Waals surface area contributed by atoms with Crippen molar-refractivity contribution in [1.82, 2.24) is 24.4 Å². The Morgan fingerprint density at radius 1 is 1.00 bits per heavy atom. The molecule has 0 amide bonds. The van der Waals surface area contributed by atoms with Crippen LogP contribution in [0, 0.1) is 5.82 Å². The van der Waals surface area contributed by atoms with Crippen LogP contribution in [-0.2, 0) is 17.9 Å². The van der Waals surface area contributed by atoms with Crippen molar-refractivity contribution in [2.75, 3.05) is 7.11 Å². The third-order valence-electron chi connectivity index (χ3n) is 5.13. The smallest absolute Gasteiger partial charge is 0.280 e. The van der Waals surface area contributed by atoms with Gasteiger partial charge in [0.05, 0.1) is 24.4 Å². The molecule has 0 unspecified atom stereocenters. The first-order valence-electron chi connectivity index (χ1n) is 9.72. The largest absolute Gasteiger partial charge is 0.378 e. The van der Waals surface area contributed by atoms with Crippen molar-refractivity contribution in [3.8, 4) is 11.1 Å². The molecule has 0 aliphatic heterocycles. The quantitative estimate of drug-likeness (QED) is 0.440. The van der Waals surface area contributed by atoms with Crippen LogP contribution in [0.5, 0.6) is 0 Å². The number of fused-ring (bicyclic) bond motifs is 3. The number of benzene rings is 2. The Hall–Kier alpha value is -3.91. The van der Waals surface area contributed by atoms with Gasteiger partial charge in [-0.2, -0.15) is 5.10 Å². The molecule has 2 aromatic carbocycles. The zero-order chi connectivity index (χ0) is 21.4. The fraction of sp³-hybridized carbons (Fsp3) is 0.130. The number of halogens is 1. The number of methoxy groups -OCH3 is 1. The Labute approximate surface area is 176 Å². The molecule has 0 fully saturated rings. The van der Waals surface area contributed by atoms with Gasteiger partial charge in [0, 0.05) is 13.3 Å². The Bertz CT molecular complexity index is 1440. The van der Waals surface area contributed by atoms with E-state index in [1.807, 2.05) is 30.3 Å². The number of hydrogen-bond donors (Lipinski definition) is 0. The van der Waals surface area contributed by atoms with E-state index in [9.17, 15) is 9.18 Å². The van der Waals surface area contributed by atoms with Gasteiger partial charge in [0.15, 0.2) is 11.2 Å². The monoisotopic (exact) mass is 415 g/mol. The summed E-state index contributed by atoms with van der Waals surface area (Å²) in [7, 11) is 1.57. The van der Waals surface area contributed by atoms with Crippen molar-refractivity contribution < 1.29 is 9.13 Å². The minimum absolute atomic E-state index is 0.225. The fourth-order valence-electron chi connectivity index (χ4n) is 3.68. The maximum Gasteiger partial charge on any atom is 0.280 e. The molecule has 5 aromatic rings. The van der Waals surface area contributed by atoms with Gasteiger partial charge in [-0.3, -0.25) is 4.79 Å². The van der Waals surface area contributed by atoms with Gasteiger partial charge in [-0.05, 0) is 29.3 Å². The lowest BCUT2D eigenvalue weighted by Gasteiger charge is -2.07. The van der Waals surface area contributed by atoms with E-state index in [1.54, 1.807) is 40.6 Å².